The van der Waals surface area contributed by atoms with Crippen molar-refractivity contribution >= 4 is 11.6 Å². The first-order valence-corrected chi connectivity index (χ1v) is 8.19. The molecule has 0 spiro atoms. The van der Waals surface area contributed by atoms with Gasteiger partial charge in [-0.3, -0.25) is 4.79 Å². The van der Waals surface area contributed by atoms with E-state index in [0.717, 1.165) is 0 Å². The molecule has 0 N–H and O–H groups in total. The van der Waals surface area contributed by atoms with E-state index in [9.17, 15) is 61.9 Å². The first-order chi connectivity index (χ1) is 14.6. The highest BCUT2D eigenvalue weighted by Crippen LogP contribution is 2.60. The van der Waals surface area contributed by atoms with Crippen LogP contribution in [0.5, 0.6) is 0 Å². The summed E-state index contributed by atoms with van der Waals surface area (Å²) in [7, 11) is 3.28. The number of carbonyl (C=O) groups is 1. The van der Waals surface area contributed by atoms with Crippen molar-refractivity contribution in [2.75, 3.05) is 19.0 Å². The summed E-state index contributed by atoms with van der Waals surface area (Å²) in [5.74, 6) is -42.3. The van der Waals surface area contributed by atoms with Crippen LogP contribution < -0.4 is 4.90 Å². The molecule has 1 rings (SSSR count). The van der Waals surface area contributed by atoms with E-state index in [1.807, 2.05) is 5.11 Å². The van der Waals surface area contributed by atoms with Gasteiger partial charge < -0.3 is 4.90 Å². The molecule has 1 aromatic rings. The van der Waals surface area contributed by atoms with E-state index in [1.165, 1.54) is 24.3 Å². The zero-order chi connectivity index (χ0) is 26.3. The lowest BCUT2D eigenvalue weighted by Crippen LogP contribution is -2.71. The van der Waals surface area contributed by atoms with Gasteiger partial charge in [0, 0.05) is 19.8 Å². The number of halogens is 13. The normalized spacial score (nSPS) is 14.6. The second-order valence-corrected chi connectivity index (χ2v) is 6.64. The average molecular weight is 509 g/mol. The van der Waals surface area contributed by atoms with Crippen molar-refractivity contribution in [2.24, 2.45) is 10.2 Å². The summed E-state index contributed by atoms with van der Waals surface area (Å²) in [4.78, 5) is 12.8. The molecular weight excluding hydrogens is 497 g/mol. The van der Waals surface area contributed by atoms with Gasteiger partial charge in [-0.05, 0) is 17.7 Å². The lowest BCUT2D eigenvalue weighted by atomic mass is 9.93. The Balaban J connectivity index is 3.19. The molecule has 0 atom stereocenters. The van der Waals surface area contributed by atoms with Crippen molar-refractivity contribution < 1.29 is 61.9 Å². The summed E-state index contributed by atoms with van der Waals surface area (Å²) in [6.45, 7) is -0.778. The molecule has 0 saturated carbocycles. The van der Waals surface area contributed by atoms with E-state index in [0.29, 0.717) is 5.69 Å². The Morgan fingerprint density at radius 2 is 1.15 bits per heavy atom. The minimum Gasteiger partial charge on any atom is -0.378 e. The van der Waals surface area contributed by atoms with E-state index in [1.54, 1.807) is 19.0 Å². The number of anilines is 1. The van der Waals surface area contributed by atoms with Crippen molar-refractivity contribution in [3.63, 3.8) is 0 Å². The molecule has 0 radical (unpaired) electrons. The predicted molar refractivity (Wildman–Crippen MR) is 85.1 cm³/mol. The molecule has 0 bridgehead atoms. The fraction of sp³-hybridized carbons (Fsp3) is 0.562. The van der Waals surface area contributed by atoms with Crippen LogP contribution in [0.1, 0.15) is 5.56 Å². The van der Waals surface area contributed by atoms with Gasteiger partial charge in [-0.2, -0.15) is 62.2 Å². The van der Waals surface area contributed by atoms with Crippen molar-refractivity contribution in [3.05, 3.63) is 29.8 Å². The Morgan fingerprint density at radius 1 is 0.727 bits per heavy atom. The highest BCUT2D eigenvalue weighted by atomic mass is 19.4. The SMILES string of the molecule is CN(C)c1ccc(CN=NC(=O)C(F)(F)C(F)(F)C(F)(F)C(F)(F)C(F)(F)C(F)(F)F)cc1. The molecule has 0 aromatic heterocycles. The largest absolute Gasteiger partial charge is 0.460 e. The highest BCUT2D eigenvalue weighted by molar-refractivity contribution is 5.85. The molecule has 188 valence electrons. The smallest absolute Gasteiger partial charge is 0.378 e. The summed E-state index contributed by atoms with van der Waals surface area (Å²) in [5.41, 5.74) is 0.741. The van der Waals surface area contributed by atoms with Gasteiger partial charge >= 0.3 is 41.7 Å². The van der Waals surface area contributed by atoms with Gasteiger partial charge in [-0.1, -0.05) is 12.1 Å². The molecule has 33 heavy (non-hydrogen) atoms. The lowest BCUT2D eigenvalue weighted by Gasteiger charge is -2.38. The molecule has 0 aliphatic carbocycles. The Labute approximate surface area is 176 Å². The molecule has 0 unspecified atom stereocenters. The third-order valence-corrected chi connectivity index (χ3v) is 4.07. The Morgan fingerprint density at radius 3 is 1.55 bits per heavy atom. The third kappa shape index (κ3) is 4.71. The van der Waals surface area contributed by atoms with Gasteiger partial charge in [-0.25, -0.2) is 0 Å². The number of alkyl halides is 13. The number of hydrogen-bond donors (Lipinski definition) is 0. The molecule has 0 fully saturated rings. The van der Waals surface area contributed by atoms with Crippen LogP contribution in [0.2, 0.25) is 0 Å². The second-order valence-electron chi connectivity index (χ2n) is 6.64. The number of azo groups is 1. The number of nitrogens with zero attached hydrogens (tertiary/aromatic N) is 3. The van der Waals surface area contributed by atoms with Gasteiger partial charge in [0.25, 0.3) is 0 Å². The maximum Gasteiger partial charge on any atom is 0.460 e. The summed E-state index contributed by atoms with van der Waals surface area (Å²) in [6, 6.07) is 5.47. The van der Waals surface area contributed by atoms with Crippen LogP contribution in [0, 0.1) is 0 Å². The number of amides is 1. The summed E-state index contributed by atoms with van der Waals surface area (Å²) >= 11 is 0. The predicted octanol–water partition coefficient (Wildman–Crippen LogP) is 5.97. The number of carbonyl (C=O) groups excluding carboxylic acids is 1. The maximum absolute atomic E-state index is 13.6. The van der Waals surface area contributed by atoms with Crippen molar-refractivity contribution in [3.8, 4) is 0 Å². The van der Waals surface area contributed by atoms with Crippen LogP contribution in [-0.2, 0) is 11.3 Å². The fourth-order valence-electron chi connectivity index (χ4n) is 2.05. The molecule has 0 saturated heterocycles. The molecular formula is C16H12F13N3O. The van der Waals surface area contributed by atoms with Crippen LogP contribution in [0.25, 0.3) is 0 Å². The van der Waals surface area contributed by atoms with E-state index >= 15 is 0 Å². The van der Waals surface area contributed by atoms with Gasteiger partial charge in [0.1, 0.15) is 0 Å². The number of rotatable bonds is 8. The van der Waals surface area contributed by atoms with Crippen LogP contribution in [0.15, 0.2) is 34.5 Å². The van der Waals surface area contributed by atoms with Gasteiger partial charge in [0.2, 0.25) is 0 Å². The quantitative estimate of drug-likeness (QED) is 0.320. The molecule has 17 heteroatoms. The van der Waals surface area contributed by atoms with E-state index in [4.69, 9.17) is 0 Å². The van der Waals surface area contributed by atoms with Crippen LogP contribution in [0.4, 0.5) is 62.8 Å². The molecule has 0 aliphatic heterocycles. The zero-order valence-corrected chi connectivity index (χ0v) is 16.2. The summed E-state index contributed by atoms with van der Waals surface area (Å²) in [5, 5.41) is 4.70. The monoisotopic (exact) mass is 509 g/mol. The maximum atomic E-state index is 13.6. The molecule has 1 aromatic carbocycles. The van der Waals surface area contributed by atoms with Gasteiger partial charge in [0.05, 0.1) is 6.54 Å². The second kappa shape index (κ2) is 8.62. The van der Waals surface area contributed by atoms with Crippen molar-refractivity contribution in [1.29, 1.82) is 0 Å². The Hall–Kier alpha value is -2.62. The Kier molecular flexibility index (Phi) is 7.43. The first-order valence-electron chi connectivity index (χ1n) is 8.19. The summed E-state index contributed by atoms with van der Waals surface area (Å²) in [6.07, 6.45) is -7.53. The Bertz CT molecular complexity index is 877. The lowest BCUT2D eigenvalue weighted by molar-refractivity contribution is -0.436. The third-order valence-electron chi connectivity index (χ3n) is 4.07. The van der Waals surface area contributed by atoms with E-state index in [2.05, 4.69) is 5.11 Å². The highest BCUT2D eigenvalue weighted by Gasteiger charge is 2.91. The average Bonchev–Trinajstić information content (AvgIpc) is 2.66. The fourth-order valence-corrected chi connectivity index (χ4v) is 2.05. The van der Waals surface area contributed by atoms with E-state index in [-0.39, 0.29) is 5.56 Å². The first kappa shape index (κ1) is 28.4. The number of benzene rings is 1. The molecule has 1 amide bonds. The van der Waals surface area contributed by atoms with Crippen LogP contribution in [-0.4, -0.2) is 55.8 Å². The summed E-state index contributed by atoms with van der Waals surface area (Å²) < 4.78 is 169. The topological polar surface area (TPSA) is 45.0 Å². The number of hydrogen-bond acceptors (Lipinski definition) is 3. The minimum absolute atomic E-state index is 0.119. The molecule has 0 heterocycles. The minimum atomic E-state index is -8.09. The van der Waals surface area contributed by atoms with Crippen molar-refractivity contribution in [1.82, 2.24) is 0 Å². The molecule has 4 nitrogen and oxygen atoms in total. The van der Waals surface area contributed by atoms with Gasteiger partial charge in [-0.15, -0.1) is 5.11 Å². The van der Waals surface area contributed by atoms with Crippen LogP contribution >= 0.6 is 0 Å². The van der Waals surface area contributed by atoms with Crippen molar-refractivity contribution in [2.45, 2.75) is 42.3 Å². The van der Waals surface area contributed by atoms with Crippen LogP contribution in [0.3, 0.4) is 0 Å². The van der Waals surface area contributed by atoms with Gasteiger partial charge in [0.15, 0.2) is 0 Å². The zero-order valence-electron chi connectivity index (χ0n) is 16.2. The van der Waals surface area contributed by atoms with E-state index < -0.39 is 48.2 Å². The standard InChI is InChI=1S/C16H12F13N3O/c1-32(2)9-5-3-8(4-6-9)7-30-31-10(33)11(17,18)12(19,20)13(21,22)14(23,24)15(25,26)16(27,28)29/h3-6H,7H2,1-2H3. The molecule has 0 aliphatic rings.